The number of amides is 1. The van der Waals surface area contributed by atoms with E-state index in [9.17, 15) is 24.6 Å². The number of nitrogens with one attached hydrogen (secondary N) is 1. The van der Waals surface area contributed by atoms with Gasteiger partial charge < -0.3 is 15.5 Å². The van der Waals surface area contributed by atoms with Gasteiger partial charge in [0.15, 0.2) is 0 Å². The van der Waals surface area contributed by atoms with E-state index in [1.807, 2.05) is 0 Å². The van der Waals surface area contributed by atoms with Crippen LogP contribution in [0.1, 0.15) is 20.7 Å². The van der Waals surface area contributed by atoms with Gasteiger partial charge in [0.2, 0.25) is 5.91 Å². The minimum absolute atomic E-state index is 0.111. The van der Waals surface area contributed by atoms with Gasteiger partial charge in [0.25, 0.3) is 0 Å². The minimum Gasteiger partial charge on any atom is -0.478 e. The van der Waals surface area contributed by atoms with E-state index in [1.165, 1.54) is 0 Å². The SMILES string of the molecule is O=C(CCl)Nc1c(I)c(C(=O)O)c(I)c(C(=O)O)c1I. The summed E-state index contributed by atoms with van der Waals surface area (Å²) in [6, 6.07) is 0. The van der Waals surface area contributed by atoms with Crippen molar-refractivity contribution < 1.29 is 24.6 Å². The summed E-state index contributed by atoms with van der Waals surface area (Å²) in [5.41, 5.74) is -0.171. The van der Waals surface area contributed by atoms with E-state index in [2.05, 4.69) is 5.32 Å². The molecule has 0 aliphatic rings. The van der Waals surface area contributed by atoms with Crippen LogP contribution in [0.25, 0.3) is 0 Å². The Bertz CT molecular complexity index is 578. The molecule has 6 nitrogen and oxygen atoms in total. The van der Waals surface area contributed by atoms with E-state index >= 15 is 0 Å². The molecule has 0 bridgehead atoms. The van der Waals surface area contributed by atoms with Crippen molar-refractivity contribution in [3.05, 3.63) is 21.8 Å². The van der Waals surface area contributed by atoms with Crippen molar-refractivity contribution in [2.75, 3.05) is 11.2 Å². The zero-order chi connectivity index (χ0) is 15.6. The fourth-order valence-electron chi connectivity index (χ4n) is 1.32. The Morgan fingerprint density at radius 3 is 1.65 bits per heavy atom. The van der Waals surface area contributed by atoms with Crippen molar-refractivity contribution >= 4 is 103 Å². The summed E-state index contributed by atoms with van der Waals surface area (Å²) < 4.78 is 0.625. The number of rotatable bonds is 4. The summed E-state index contributed by atoms with van der Waals surface area (Å²) in [6.45, 7) is 0. The summed E-state index contributed by atoms with van der Waals surface area (Å²) in [5.74, 6) is -3.39. The standard InChI is InChI=1S/C10H5ClI3NO5/c11-1-2(16)15-8-6(13)3(9(17)18)5(12)4(7(8)14)10(19)20/h1H2,(H,15,16)(H,17,18)(H,19,20). The first-order valence-corrected chi connectivity index (χ1v) is 8.52. The number of carbonyl (C=O) groups is 3. The molecule has 20 heavy (non-hydrogen) atoms. The molecule has 0 aliphatic carbocycles. The number of halogens is 4. The molecule has 0 saturated carbocycles. The Morgan fingerprint density at radius 1 is 0.950 bits per heavy atom. The molecule has 0 atom stereocenters. The van der Waals surface area contributed by atoms with Gasteiger partial charge in [-0.15, -0.1) is 11.6 Å². The van der Waals surface area contributed by atoms with Crippen molar-refractivity contribution in [1.82, 2.24) is 0 Å². The third-order valence-electron chi connectivity index (χ3n) is 2.13. The van der Waals surface area contributed by atoms with Crippen molar-refractivity contribution in [3.8, 4) is 0 Å². The van der Waals surface area contributed by atoms with Crippen molar-refractivity contribution in [1.29, 1.82) is 0 Å². The summed E-state index contributed by atoms with van der Waals surface area (Å²) in [7, 11) is 0. The molecule has 3 N–H and O–H groups in total. The Hall–Kier alpha value is 0.110. The van der Waals surface area contributed by atoms with Gasteiger partial charge in [0, 0.05) is 3.57 Å². The smallest absolute Gasteiger partial charge is 0.337 e. The molecule has 0 heterocycles. The van der Waals surface area contributed by atoms with Gasteiger partial charge in [-0.1, -0.05) is 0 Å². The van der Waals surface area contributed by atoms with Gasteiger partial charge in [-0.25, -0.2) is 9.59 Å². The zero-order valence-electron chi connectivity index (χ0n) is 9.34. The third kappa shape index (κ3) is 3.65. The summed E-state index contributed by atoms with van der Waals surface area (Å²) in [4.78, 5) is 34.0. The number of hydrogen-bond acceptors (Lipinski definition) is 3. The first-order valence-electron chi connectivity index (χ1n) is 4.75. The maximum Gasteiger partial charge on any atom is 0.337 e. The van der Waals surface area contributed by atoms with Crippen LogP contribution in [0.15, 0.2) is 0 Å². The highest BCUT2D eigenvalue weighted by atomic mass is 127. The largest absolute Gasteiger partial charge is 0.478 e. The molecule has 1 aromatic carbocycles. The van der Waals surface area contributed by atoms with Crippen LogP contribution in [-0.4, -0.2) is 33.9 Å². The zero-order valence-corrected chi connectivity index (χ0v) is 16.6. The number of carboxylic acids is 2. The van der Waals surface area contributed by atoms with Crippen LogP contribution in [0.2, 0.25) is 0 Å². The number of carboxylic acid groups (broad SMARTS) is 2. The van der Waals surface area contributed by atoms with Crippen LogP contribution < -0.4 is 5.32 Å². The second-order valence-corrected chi connectivity index (χ2v) is 6.86. The predicted octanol–water partition coefficient (Wildman–Crippen LogP) is 3.07. The maximum atomic E-state index is 11.4. The van der Waals surface area contributed by atoms with Gasteiger partial charge >= 0.3 is 11.9 Å². The molecule has 108 valence electrons. The quantitative estimate of drug-likeness (QED) is 0.349. The van der Waals surface area contributed by atoms with Gasteiger partial charge in [0.05, 0.1) is 24.0 Å². The summed E-state index contributed by atoms with van der Waals surface area (Å²) >= 11 is 10.6. The number of anilines is 1. The van der Waals surface area contributed by atoms with E-state index < -0.39 is 17.8 Å². The van der Waals surface area contributed by atoms with Crippen LogP contribution in [0.4, 0.5) is 5.69 Å². The highest BCUT2D eigenvalue weighted by Crippen LogP contribution is 2.35. The topological polar surface area (TPSA) is 104 Å². The van der Waals surface area contributed by atoms with Gasteiger partial charge in [-0.3, -0.25) is 4.79 Å². The lowest BCUT2D eigenvalue weighted by atomic mass is 10.1. The second kappa shape index (κ2) is 7.40. The Morgan fingerprint density at radius 2 is 1.35 bits per heavy atom. The summed E-state index contributed by atoms with van der Waals surface area (Å²) in [6.07, 6.45) is 0. The Kier molecular flexibility index (Phi) is 6.72. The lowest BCUT2D eigenvalue weighted by Gasteiger charge is -2.15. The van der Waals surface area contributed by atoms with Crippen LogP contribution in [-0.2, 0) is 4.79 Å². The molecule has 0 spiro atoms. The first kappa shape index (κ1) is 18.2. The van der Waals surface area contributed by atoms with Gasteiger partial charge in [-0.05, 0) is 67.8 Å². The number of hydrogen-bond donors (Lipinski definition) is 3. The highest BCUT2D eigenvalue weighted by Gasteiger charge is 2.28. The monoisotopic (exact) mass is 635 g/mol. The van der Waals surface area contributed by atoms with E-state index in [4.69, 9.17) is 11.6 Å². The van der Waals surface area contributed by atoms with E-state index in [0.29, 0.717) is 0 Å². The molecule has 10 heteroatoms. The summed E-state index contributed by atoms with van der Waals surface area (Å²) in [5, 5.41) is 20.9. The number of benzene rings is 1. The molecule has 1 amide bonds. The molecular weight excluding hydrogens is 630 g/mol. The van der Waals surface area contributed by atoms with Crippen LogP contribution in [0, 0.1) is 10.7 Å². The van der Waals surface area contributed by atoms with E-state index in [-0.39, 0.29) is 33.4 Å². The molecule has 1 rings (SSSR count). The lowest BCUT2D eigenvalue weighted by Crippen LogP contribution is -2.20. The lowest BCUT2D eigenvalue weighted by molar-refractivity contribution is -0.113. The first-order chi connectivity index (χ1) is 9.22. The molecule has 1 aromatic rings. The van der Waals surface area contributed by atoms with Crippen molar-refractivity contribution in [3.63, 3.8) is 0 Å². The third-order valence-corrected chi connectivity index (χ3v) is 5.61. The minimum atomic E-state index is -1.26. The molecule has 0 saturated heterocycles. The molecule has 0 aliphatic heterocycles. The molecule has 0 radical (unpaired) electrons. The fraction of sp³-hybridized carbons (Fsp3) is 0.100. The second-order valence-electron chi connectivity index (χ2n) is 3.36. The van der Waals surface area contributed by atoms with Crippen LogP contribution >= 0.6 is 79.4 Å². The fourth-order valence-corrected chi connectivity index (χ4v) is 5.75. The maximum absolute atomic E-state index is 11.4. The van der Waals surface area contributed by atoms with E-state index in [0.717, 1.165) is 0 Å². The molecular formula is C10H5ClI3NO5. The number of alkyl halides is 1. The Labute approximate surface area is 159 Å². The number of carbonyl (C=O) groups excluding carboxylic acids is 1. The molecule has 0 fully saturated rings. The van der Waals surface area contributed by atoms with Gasteiger partial charge in [0.1, 0.15) is 5.88 Å². The number of aromatic carboxylic acids is 2. The molecule has 0 aromatic heterocycles. The van der Waals surface area contributed by atoms with Gasteiger partial charge in [-0.2, -0.15) is 0 Å². The highest BCUT2D eigenvalue weighted by molar-refractivity contribution is 14.1. The average Bonchev–Trinajstić information content (AvgIpc) is 2.33. The van der Waals surface area contributed by atoms with Crippen LogP contribution in [0.3, 0.4) is 0 Å². The average molecular weight is 635 g/mol. The Balaban J connectivity index is 3.71. The van der Waals surface area contributed by atoms with Crippen LogP contribution in [0.5, 0.6) is 0 Å². The molecule has 0 unspecified atom stereocenters. The predicted molar refractivity (Wildman–Crippen MR) is 97.9 cm³/mol. The van der Waals surface area contributed by atoms with E-state index in [1.54, 1.807) is 67.8 Å². The van der Waals surface area contributed by atoms with Crippen molar-refractivity contribution in [2.24, 2.45) is 0 Å². The van der Waals surface area contributed by atoms with Crippen molar-refractivity contribution in [2.45, 2.75) is 0 Å². The normalized spacial score (nSPS) is 10.2.